The van der Waals surface area contributed by atoms with Crippen LogP contribution in [-0.2, 0) is 9.59 Å². The largest absolute Gasteiger partial charge is 0.426 e. The van der Waals surface area contributed by atoms with Crippen molar-refractivity contribution in [3.05, 3.63) is 46.4 Å². The SMILES string of the molecule is CC(=O)Oc1ccc(Cl)cc1Sc1cc(Cl)ccc1OC(C)=O. The Morgan fingerprint density at radius 3 is 1.57 bits per heavy atom. The predicted octanol–water partition coefficient (Wildman–Crippen LogP) is 5.00. The fourth-order valence-electron chi connectivity index (χ4n) is 1.72. The molecule has 0 aliphatic heterocycles. The molecular formula is C16H12Cl2O4S. The second-order valence-electron chi connectivity index (χ2n) is 4.47. The molecule has 23 heavy (non-hydrogen) atoms. The summed E-state index contributed by atoms with van der Waals surface area (Å²) in [6, 6.07) is 9.75. The van der Waals surface area contributed by atoms with Crippen LogP contribution >= 0.6 is 35.0 Å². The van der Waals surface area contributed by atoms with E-state index in [2.05, 4.69) is 0 Å². The minimum Gasteiger partial charge on any atom is -0.426 e. The molecule has 0 heterocycles. The highest BCUT2D eigenvalue weighted by Gasteiger charge is 2.14. The molecule has 0 N–H and O–H groups in total. The van der Waals surface area contributed by atoms with Crippen LogP contribution in [0, 0.1) is 0 Å². The zero-order chi connectivity index (χ0) is 17.0. The maximum absolute atomic E-state index is 11.2. The number of hydrogen-bond donors (Lipinski definition) is 0. The fourth-order valence-corrected chi connectivity index (χ4v) is 3.22. The quantitative estimate of drug-likeness (QED) is 0.560. The van der Waals surface area contributed by atoms with Gasteiger partial charge in [0.1, 0.15) is 11.5 Å². The summed E-state index contributed by atoms with van der Waals surface area (Å²) >= 11 is 13.2. The van der Waals surface area contributed by atoms with Crippen molar-refractivity contribution in [2.75, 3.05) is 0 Å². The standard InChI is InChI=1S/C16H12Cl2O4S/c1-9(19)21-13-5-3-11(17)7-15(13)23-16-8-12(18)4-6-14(16)22-10(2)20/h3-8H,1-2H3. The lowest BCUT2D eigenvalue weighted by Gasteiger charge is -2.12. The second-order valence-corrected chi connectivity index (χ2v) is 6.43. The van der Waals surface area contributed by atoms with Crippen molar-refractivity contribution in [2.45, 2.75) is 23.6 Å². The van der Waals surface area contributed by atoms with E-state index in [1.807, 2.05) is 0 Å². The van der Waals surface area contributed by atoms with Crippen LogP contribution in [0.5, 0.6) is 11.5 Å². The van der Waals surface area contributed by atoms with Crippen molar-refractivity contribution in [3.63, 3.8) is 0 Å². The lowest BCUT2D eigenvalue weighted by Crippen LogP contribution is -2.03. The first-order chi connectivity index (χ1) is 10.8. The van der Waals surface area contributed by atoms with E-state index >= 15 is 0 Å². The van der Waals surface area contributed by atoms with Gasteiger partial charge in [0, 0.05) is 23.9 Å². The Balaban J connectivity index is 2.42. The van der Waals surface area contributed by atoms with Crippen molar-refractivity contribution in [3.8, 4) is 11.5 Å². The van der Waals surface area contributed by atoms with Crippen LogP contribution in [0.1, 0.15) is 13.8 Å². The van der Waals surface area contributed by atoms with Gasteiger partial charge in [-0.3, -0.25) is 9.59 Å². The smallest absolute Gasteiger partial charge is 0.308 e. The van der Waals surface area contributed by atoms with Crippen molar-refractivity contribution in [1.82, 2.24) is 0 Å². The maximum atomic E-state index is 11.2. The van der Waals surface area contributed by atoms with Gasteiger partial charge in [-0.05, 0) is 36.4 Å². The average Bonchev–Trinajstić information content (AvgIpc) is 2.44. The van der Waals surface area contributed by atoms with Gasteiger partial charge in [0.25, 0.3) is 0 Å². The van der Waals surface area contributed by atoms with Gasteiger partial charge in [0.2, 0.25) is 0 Å². The molecule has 0 amide bonds. The van der Waals surface area contributed by atoms with E-state index in [4.69, 9.17) is 32.7 Å². The minimum absolute atomic E-state index is 0.362. The van der Waals surface area contributed by atoms with E-state index in [0.717, 1.165) is 0 Å². The number of benzene rings is 2. The third kappa shape index (κ3) is 5.16. The molecule has 0 aliphatic carbocycles. The Morgan fingerprint density at radius 1 is 0.826 bits per heavy atom. The van der Waals surface area contributed by atoms with Crippen LogP contribution in [0.25, 0.3) is 0 Å². The summed E-state index contributed by atoms with van der Waals surface area (Å²) in [4.78, 5) is 23.6. The molecule has 0 bridgehead atoms. The average molecular weight is 371 g/mol. The van der Waals surface area contributed by atoms with Crippen LogP contribution in [0.15, 0.2) is 46.2 Å². The Labute approximate surface area is 147 Å². The molecular weight excluding hydrogens is 359 g/mol. The molecule has 0 atom stereocenters. The Kier molecular flexibility index (Phi) is 5.93. The van der Waals surface area contributed by atoms with E-state index in [0.29, 0.717) is 31.3 Å². The van der Waals surface area contributed by atoms with Crippen LogP contribution in [-0.4, -0.2) is 11.9 Å². The van der Waals surface area contributed by atoms with Crippen molar-refractivity contribution in [2.24, 2.45) is 0 Å². The summed E-state index contributed by atoms with van der Waals surface area (Å²) < 4.78 is 10.3. The molecule has 0 radical (unpaired) electrons. The second kappa shape index (κ2) is 7.73. The van der Waals surface area contributed by atoms with Crippen LogP contribution in [0.3, 0.4) is 0 Å². The molecule has 0 aromatic heterocycles. The molecule has 2 rings (SSSR count). The minimum atomic E-state index is -0.444. The van der Waals surface area contributed by atoms with Crippen molar-refractivity contribution in [1.29, 1.82) is 0 Å². The zero-order valence-corrected chi connectivity index (χ0v) is 14.6. The summed E-state index contributed by atoms with van der Waals surface area (Å²) in [5, 5.41) is 0.971. The fraction of sp³-hybridized carbons (Fsp3) is 0.125. The van der Waals surface area contributed by atoms with Crippen LogP contribution in [0.4, 0.5) is 0 Å². The van der Waals surface area contributed by atoms with Gasteiger partial charge in [0.15, 0.2) is 0 Å². The Bertz CT molecular complexity index is 698. The third-order valence-corrected chi connectivity index (χ3v) is 4.09. The van der Waals surface area contributed by atoms with E-state index in [1.165, 1.54) is 25.6 Å². The first-order valence-electron chi connectivity index (χ1n) is 6.49. The molecule has 120 valence electrons. The highest BCUT2D eigenvalue weighted by atomic mass is 35.5. The van der Waals surface area contributed by atoms with E-state index in [-0.39, 0.29) is 0 Å². The third-order valence-electron chi connectivity index (χ3n) is 2.54. The number of rotatable bonds is 4. The molecule has 0 spiro atoms. The molecule has 0 saturated heterocycles. The van der Waals surface area contributed by atoms with Gasteiger partial charge in [-0.15, -0.1) is 0 Å². The molecule has 4 nitrogen and oxygen atoms in total. The number of esters is 2. The number of carbonyl (C=O) groups excluding carboxylic acids is 2. The monoisotopic (exact) mass is 370 g/mol. The lowest BCUT2D eigenvalue weighted by atomic mass is 10.3. The summed E-state index contributed by atoms with van der Waals surface area (Å²) in [7, 11) is 0. The Hall–Kier alpha value is -1.69. The van der Waals surface area contributed by atoms with Gasteiger partial charge >= 0.3 is 11.9 Å². The molecule has 0 unspecified atom stereocenters. The molecule has 0 aliphatic rings. The highest BCUT2D eigenvalue weighted by molar-refractivity contribution is 7.99. The maximum Gasteiger partial charge on any atom is 0.308 e. The molecule has 7 heteroatoms. The Morgan fingerprint density at radius 2 is 1.22 bits per heavy atom. The van der Waals surface area contributed by atoms with Crippen LogP contribution < -0.4 is 9.47 Å². The highest BCUT2D eigenvalue weighted by Crippen LogP contribution is 2.42. The molecule has 0 fully saturated rings. The van der Waals surface area contributed by atoms with Crippen LogP contribution in [0.2, 0.25) is 10.0 Å². The topological polar surface area (TPSA) is 52.6 Å². The number of carbonyl (C=O) groups is 2. The summed E-state index contributed by atoms with van der Waals surface area (Å²) in [5.74, 6) is -0.165. The van der Waals surface area contributed by atoms with E-state index < -0.39 is 11.9 Å². The van der Waals surface area contributed by atoms with Crippen molar-refractivity contribution < 1.29 is 19.1 Å². The summed E-state index contributed by atoms with van der Waals surface area (Å²) in [6.07, 6.45) is 0. The molecule has 0 saturated carbocycles. The first-order valence-corrected chi connectivity index (χ1v) is 8.06. The van der Waals surface area contributed by atoms with Crippen molar-refractivity contribution >= 4 is 46.9 Å². The predicted molar refractivity (Wildman–Crippen MR) is 89.6 cm³/mol. The number of halogens is 2. The molecule has 2 aromatic rings. The van der Waals surface area contributed by atoms with Gasteiger partial charge in [-0.1, -0.05) is 35.0 Å². The lowest BCUT2D eigenvalue weighted by molar-refractivity contribution is -0.133. The first kappa shape index (κ1) is 17.7. The zero-order valence-electron chi connectivity index (χ0n) is 12.3. The van der Waals surface area contributed by atoms with Gasteiger partial charge in [-0.2, -0.15) is 0 Å². The van der Waals surface area contributed by atoms with E-state index in [1.54, 1.807) is 36.4 Å². The van der Waals surface area contributed by atoms with Gasteiger partial charge < -0.3 is 9.47 Å². The van der Waals surface area contributed by atoms with E-state index in [9.17, 15) is 9.59 Å². The number of ether oxygens (including phenoxy) is 2. The van der Waals surface area contributed by atoms with Gasteiger partial charge in [0.05, 0.1) is 9.79 Å². The van der Waals surface area contributed by atoms with Gasteiger partial charge in [-0.25, -0.2) is 0 Å². The summed E-state index contributed by atoms with van der Waals surface area (Å²) in [6.45, 7) is 2.62. The normalized spacial score (nSPS) is 10.3. The summed E-state index contributed by atoms with van der Waals surface area (Å²) in [5.41, 5.74) is 0. The number of hydrogen-bond acceptors (Lipinski definition) is 5. The molecule has 2 aromatic carbocycles.